The molecule has 5 aromatic rings. The van der Waals surface area contributed by atoms with Crippen molar-refractivity contribution < 1.29 is 4.39 Å². The van der Waals surface area contributed by atoms with Crippen LogP contribution in [0.1, 0.15) is 11.1 Å². The second-order valence-corrected chi connectivity index (χ2v) is 8.30. The Morgan fingerprint density at radius 3 is 2.75 bits per heavy atom. The SMILES string of the molecule is Fc1cc(-c2ccc3[nH]nc(-c4cn(-c5ccc6c(c5)CNCC6)nn4)c3c2)ccc1Cl. The molecular weight excluding hydrogens is 427 g/mol. The molecule has 1 aliphatic rings. The lowest BCUT2D eigenvalue weighted by Crippen LogP contribution is -2.23. The minimum absolute atomic E-state index is 0.105. The molecule has 0 aliphatic carbocycles. The van der Waals surface area contributed by atoms with Crippen LogP contribution in [0.3, 0.4) is 0 Å². The Labute approximate surface area is 188 Å². The molecule has 2 aromatic heterocycles. The second-order valence-electron chi connectivity index (χ2n) is 7.89. The highest BCUT2D eigenvalue weighted by molar-refractivity contribution is 6.30. The molecule has 0 radical (unpaired) electrons. The van der Waals surface area contributed by atoms with E-state index in [1.54, 1.807) is 16.8 Å². The molecule has 0 bridgehead atoms. The maximum absolute atomic E-state index is 14.0. The molecule has 2 N–H and O–H groups in total. The molecule has 32 heavy (non-hydrogen) atoms. The molecule has 1 aliphatic heterocycles. The molecule has 0 atom stereocenters. The Morgan fingerprint density at radius 2 is 1.84 bits per heavy atom. The topological polar surface area (TPSA) is 71.4 Å². The van der Waals surface area contributed by atoms with Gasteiger partial charge >= 0.3 is 0 Å². The molecule has 0 saturated carbocycles. The van der Waals surface area contributed by atoms with Gasteiger partial charge in [-0.3, -0.25) is 5.10 Å². The lowest BCUT2D eigenvalue weighted by Gasteiger charge is -2.17. The number of H-pyrrole nitrogens is 1. The summed E-state index contributed by atoms with van der Waals surface area (Å²) in [5.74, 6) is -0.445. The zero-order valence-electron chi connectivity index (χ0n) is 16.9. The summed E-state index contributed by atoms with van der Waals surface area (Å²) < 4.78 is 15.7. The van der Waals surface area contributed by atoms with E-state index in [-0.39, 0.29) is 5.02 Å². The fourth-order valence-corrected chi connectivity index (χ4v) is 4.29. The van der Waals surface area contributed by atoms with Crippen LogP contribution in [0.2, 0.25) is 5.02 Å². The highest BCUT2D eigenvalue weighted by Gasteiger charge is 2.15. The summed E-state index contributed by atoms with van der Waals surface area (Å²) in [6.45, 7) is 1.87. The number of hydrogen-bond acceptors (Lipinski definition) is 4. The van der Waals surface area contributed by atoms with E-state index in [9.17, 15) is 4.39 Å². The normalized spacial score (nSPS) is 13.4. The molecule has 0 spiro atoms. The third kappa shape index (κ3) is 3.26. The zero-order valence-corrected chi connectivity index (χ0v) is 17.7. The van der Waals surface area contributed by atoms with Crippen molar-refractivity contribution in [3.63, 3.8) is 0 Å². The molecule has 0 saturated heterocycles. The molecule has 3 aromatic carbocycles. The van der Waals surface area contributed by atoms with Crippen molar-refractivity contribution in [3.8, 4) is 28.2 Å². The largest absolute Gasteiger partial charge is 0.312 e. The van der Waals surface area contributed by atoms with E-state index in [1.807, 2.05) is 24.4 Å². The van der Waals surface area contributed by atoms with Gasteiger partial charge in [0.15, 0.2) is 0 Å². The van der Waals surface area contributed by atoms with Gasteiger partial charge in [-0.2, -0.15) is 5.10 Å². The minimum atomic E-state index is -0.445. The first kappa shape index (κ1) is 19.2. The van der Waals surface area contributed by atoms with Gasteiger partial charge in [0.25, 0.3) is 0 Å². The fourth-order valence-electron chi connectivity index (χ4n) is 4.17. The summed E-state index contributed by atoms with van der Waals surface area (Å²) in [6.07, 6.45) is 2.92. The Bertz CT molecular complexity index is 1470. The Kier molecular flexibility index (Phi) is 4.52. The zero-order chi connectivity index (χ0) is 21.7. The first-order valence-corrected chi connectivity index (χ1v) is 10.7. The van der Waals surface area contributed by atoms with Crippen molar-refractivity contribution in [1.29, 1.82) is 0 Å². The molecule has 0 unspecified atom stereocenters. The summed E-state index contributed by atoms with van der Waals surface area (Å²) in [5.41, 5.74) is 7.45. The quantitative estimate of drug-likeness (QED) is 0.414. The Morgan fingerprint density at radius 1 is 0.969 bits per heavy atom. The summed E-state index contributed by atoms with van der Waals surface area (Å²) in [6, 6.07) is 17.0. The summed E-state index contributed by atoms with van der Waals surface area (Å²) in [5, 5.41) is 20.6. The van der Waals surface area contributed by atoms with Crippen molar-refractivity contribution in [1.82, 2.24) is 30.5 Å². The number of benzene rings is 3. The Hall–Kier alpha value is -3.55. The molecule has 8 heteroatoms. The van der Waals surface area contributed by atoms with Gasteiger partial charge in [0.1, 0.15) is 17.2 Å². The van der Waals surface area contributed by atoms with E-state index in [1.165, 1.54) is 17.2 Å². The van der Waals surface area contributed by atoms with E-state index in [0.29, 0.717) is 11.4 Å². The van der Waals surface area contributed by atoms with Gasteiger partial charge in [0.05, 0.1) is 22.4 Å². The van der Waals surface area contributed by atoms with Gasteiger partial charge in [-0.15, -0.1) is 5.10 Å². The van der Waals surface area contributed by atoms with Crippen LogP contribution in [0.15, 0.2) is 60.8 Å². The van der Waals surface area contributed by atoms with Crippen molar-refractivity contribution in [3.05, 3.63) is 82.8 Å². The van der Waals surface area contributed by atoms with Gasteiger partial charge in [-0.05, 0) is 71.6 Å². The summed E-state index contributed by atoms with van der Waals surface area (Å²) in [7, 11) is 0. The molecule has 6 nitrogen and oxygen atoms in total. The molecule has 3 heterocycles. The smallest absolute Gasteiger partial charge is 0.142 e. The van der Waals surface area contributed by atoms with Gasteiger partial charge in [0.2, 0.25) is 0 Å². The van der Waals surface area contributed by atoms with Crippen LogP contribution >= 0.6 is 11.6 Å². The van der Waals surface area contributed by atoms with Gasteiger partial charge < -0.3 is 5.32 Å². The number of nitrogens with one attached hydrogen (secondary N) is 2. The number of aromatic amines is 1. The minimum Gasteiger partial charge on any atom is -0.312 e. The first-order valence-electron chi connectivity index (χ1n) is 10.3. The van der Waals surface area contributed by atoms with Crippen LogP contribution in [-0.4, -0.2) is 31.7 Å². The van der Waals surface area contributed by atoms with Crippen LogP contribution in [-0.2, 0) is 13.0 Å². The van der Waals surface area contributed by atoms with Crippen molar-refractivity contribution in [2.75, 3.05) is 6.54 Å². The number of fused-ring (bicyclic) bond motifs is 2. The average Bonchev–Trinajstić information content (AvgIpc) is 3.47. The van der Waals surface area contributed by atoms with E-state index in [2.05, 4.69) is 44.0 Å². The molecule has 0 fully saturated rings. The maximum atomic E-state index is 14.0. The summed E-state index contributed by atoms with van der Waals surface area (Å²) >= 11 is 5.83. The fraction of sp³-hybridized carbons (Fsp3) is 0.125. The number of aromatic nitrogens is 5. The highest BCUT2D eigenvalue weighted by atomic mass is 35.5. The lowest BCUT2D eigenvalue weighted by molar-refractivity contribution is 0.629. The van der Waals surface area contributed by atoms with E-state index in [0.717, 1.165) is 47.2 Å². The van der Waals surface area contributed by atoms with Gasteiger partial charge in [0, 0.05) is 11.9 Å². The first-order chi connectivity index (χ1) is 15.7. The van der Waals surface area contributed by atoms with Crippen molar-refractivity contribution in [2.45, 2.75) is 13.0 Å². The Balaban J connectivity index is 1.39. The molecule has 158 valence electrons. The monoisotopic (exact) mass is 444 g/mol. The van der Waals surface area contributed by atoms with E-state index in [4.69, 9.17) is 11.6 Å². The standard InChI is InChI=1S/C24H18ClFN6/c25-20-5-2-16(11-21(20)26)15-3-6-22-19(10-15)24(30-28-22)23-13-32(31-29-23)18-4-1-14-7-8-27-12-17(14)9-18/h1-6,9-11,13,27H,7-8,12H2,(H,28,30). The van der Waals surface area contributed by atoms with E-state index < -0.39 is 5.82 Å². The average molecular weight is 445 g/mol. The van der Waals surface area contributed by atoms with Crippen molar-refractivity contribution >= 4 is 22.5 Å². The lowest BCUT2D eigenvalue weighted by atomic mass is 10.0. The number of nitrogens with zero attached hydrogens (tertiary/aromatic N) is 4. The van der Waals surface area contributed by atoms with Crippen LogP contribution in [0.25, 0.3) is 39.1 Å². The van der Waals surface area contributed by atoms with Crippen LogP contribution in [0.4, 0.5) is 4.39 Å². The third-order valence-electron chi connectivity index (χ3n) is 5.89. The maximum Gasteiger partial charge on any atom is 0.142 e. The number of halogens is 2. The predicted octanol–water partition coefficient (Wildman–Crippen LogP) is 4.92. The second kappa shape index (κ2) is 7.55. The number of rotatable bonds is 3. The molecule has 6 rings (SSSR count). The summed E-state index contributed by atoms with van der Waals surface area (Å²) in [4.78, 5) is 0. The third-order valence-corrected chi connectivity index (χ3v) is 6.20. The van der Waals surface area contributed by atoms with Gasteiger partial charge in [-0.25, -0.2) is 9.07 Å². The highest BCUT2D eigenvalue weighted by Crippen LogP contribution is 2.31. The van der Waals surface area contributed by atoms with Crippen LogP contribution in [0.5, 0.6) is 0 Å². The van der Waals surface area contributed by atoms with Crippen LogP contribution in [0, 0.1) is 5.82 Å². The predicted molar refractivity (Wildman–Crippen MR) is 122 cm³/mol. The molecular formula is C24H18ClFN6. The van der Waals surface area contributed by atoms with Gasteiger partial charge in [-0.1, -0.05) is 35.0 Å². The van der Waals surface area contributed by atoms with Crippen LogP contribution < -0.4 is 5.32 Å². The number of hydrogen-bond donors (Lipinski definition) is 2. The van der Waals surface area contributed by atoms with E-state index >= 15 is 0 Å². The van der Waals surface area contributed by atoms with Crippen molar-refractivity contribution in [2.24, 2.45) is 0 Å². The molecule has 0 amide bonds.